The molecule has 1 aliphatic rings. The first-order chi connectivity index (χ1) is 12.1. The molecule has 130 valence electrons. The number of rotatable bonds is 4. The molecule has 1 aliphatic carbocycles. The highest BCUT2D eigenvalue weighted by Crippen LogP contribution is 2.29. The van der Waals surface area contributed by atoms with E-state index in [0.717, 1.165) is 53.7 Å². The molecule has 0 saturated heterocycles. The van der Waals surface area contributed by atoms with Gasteiger partial charge in [-0.3, -0.25) is 4.79 Å². The van der Waals surface area contributed by atoms with Gasteiger partial charge in [-0.05, 0) is 65.8 Å². The van der Waals surface area contributed by atoms with Crippen molar-refractivity contribution < 1.29 is 14.6 Å². The zero-order valence-electron chi connectivity index (χ0n) is 14.7. The topological polar surface area (TPSA) is 46.5 Å². The summed E-state index contributed by atoms with van der Waals surface area (Å²) in [5, 5.41) is 9.80. The lowest BCUT2D eigenvalue weighted by Gasteiger charge is -2.11. The van der Waals surface area contributed by atoms with Gasteiger partial charge in [-0.15, -0.1) is 0 Å². The Morgan fingerprint density at radius 2 is 1.88 bits per heavy atom. The van der Waals surface area contributed by atoms with Crippen LogP contribution in [0.5, 0.6) is 11.5 Å². The van der Waals surface area contributed by atoms with Crippen molar-refractivity contribution in [1.29, 1.82) is 0 Å². The summed E-state index contributed by atoms with van der Waals surface area (Å²) in [5.41, 5.74) is 4.49. The second-order valence-corrected chi connectivity index (χ2v) is 6.55. The number of aromatic hydroxyl groups is 1. The Morgan fingerprint density at radius 1 is 1.08 bits per heavy atom. The number of allylic oxidation sites excluding steroid dienone is 1. The lowest BCUT2D eigenvalue weighted by molar-refractivity contribution is -0.113. The molecule has 0 spiro atoms. The molecule has 3 rings (SSSR count). The number of benzene rings is 2. The molecule has 0 radical (unpaired) electrons. The van der Waals surface area contributed by atoms with Gasteiger partial charge in [0.2, 0.25) is 0 Å². The van der Waals surface area contributed by atoms with Crippen molar-refractivity contribution in [2.75, 3.05) is 6.61 Å². The predicted molar refractivity (Wildman–Crippen MR) is 100 cm³/mol. The molecule has 1 N–H and O–H groups in total. The van der Waals surface area contributed by atoms with Crippen molar-refractivity contribution in [3.05, 3.63) is 65.2 Å². The number of fused-ring (bicyclic) bond motifs is 2. The zero-order chi connectivity index (χ0) is 17.8. The third kappa shape index (κ3) is 3.93. The first-order valence-electron chi connectivity index (χ1n) is 8.87. The van der Waals surface area contributed by atoms with Crippen LogP contribution in [-0.2, 0) is 24.1 Å². The number of ketones is 1. The molecule has 0 unspecified atom stereocenters. The number of carbonyl (C=O) groups excluding carboxylic acids is 1. The van der Waals surface area contributed by atoms with Crippen molar-refractivity contribution in [1.82, 2.24) is 0 Å². The van der Waals surface area contributed by atoms with Crippen LogP contribution in [0.15, 0.2) is 43.0 Å². The van der Waals surface area contributed by atoms with Gasteiger partial charge in [0, 0.05) is 12.0 Å². The maximum atomic E-state index is 12.6. The summed E-state index contributed by atoms with van der Waals surface area (Å²) in [7, 11) is 0. The minimum absolute atomic E-state index is 0.0229. The number of aryl methyl sites for hydroxylation is 2. The number of hydrogen-bond donors (Lipinski definition) is 1. The van der Waals surface area contributed by atoms with E-state index in [0.29, 0.717) is 18.6 Å². The molecule has 0 aliphatic heterocycles. The number of phenols is 1. The molecule has 3 nitrogen and oxygen atoms in total. The van der Waals surface area contributed by atoms with Gasteiger partial charge in [-0.2, -0.15) is 0 Å². The van der Waals surface area contributed by atoms with Gasteiger partial charge in [0.1, 0.15) is 11.5 Å². The van der Waals surface area contributed by atoms with E-state index in [1.807, 2.05) is 12.1 Å². The standard InChI is InChI=1S/C22H24O3/c1-3-4-11-25-20-9-7-17-14-22(24)15(2)21-10-8-19(23)12-18(21)6-5-16(17)13-20/h7-10,12-13,23H,2-6,11,14H2,1H3. The van der Waals surface area contributed by atoms with Crippen LogP contribution in [0, 0.1) is 0 Å². The van der Waals surface area contributed by atoms with Crippen molar-refractivity contribution in [2.24, 2.45) is 0 Å². The average Bonchev–Trinajstić information content (AvgIpc) is 2.65. The van der Waals surface area contributed by atoms with Crippen molar-refractivity contribution >= 4 is 11.4 Å². The summed E-state index contributed by atoms with van der Waals surface area (Å²) in [5.74, 6) is 1.10. The SMILES string of the molecule is C=C1C(=O)Cc2ccc(OCCCC)cc2CCc2cc(O)ccc21. The molecule has 2 aromatic carbocycles. The molecule has 0 bridgehead atoms. The van der Waals surface area contributed by atoms with Crippen LogP contribution in [0.4, 0.5) is 0 Å². The molecule has 3 heteroatoms. The molecule has 0 fully saturated rings. The zero-order valence-corrected chi connectivity index (χ0v) is 14.7. The smallest absolute Gasteiger partial charge is 0.167 e. The van der Waals surface area contributed by atoms with Crippen molar-refractivity contribution in [3.8, 4) is 11.5 Å². The summed E-state index contributed by atoms with van der Waals surface area (Å²) in [4.78, 5) is 12.6. The van der Waals surface area contributed by atoms with Gasteiger partial charge in [0.25, 0.3) is 0 Å². The lowest BCUT2D eigenvalue weighted by Crippen LogP contribution is -2.06. The maximum Gasteiger partial charge on any atom is 0.167 e. The molecule has 0 amide bonds. The van der Waals surface area contributed by atoms with E-state index in [9.17, 15) is 9.90 Å². The molecular formula is C22H24O3. The predicted octanol–water partition coefficient (Wildman–Crippen LogP) is 4.49. The first kappa shape index (κ1) is 17.3. The molecule has 2 aromatic rings. The van der Waals surface area contributed by atoms with Gasteiger partial charge in [-0.25, -0.2) is 0 Å². The number of ether oxygens (including phenoxy) is 1. The highest BCUT2D eigenvalue weighted by atomic mass is 16.5. The fraction of sp³-hybridized carbons (Fsp3) is 0.318. The van der Waals surface area contributed by atoms with E-state index in [-0.39, 0.29) is 11.5 Å². The van der Waals surface area contributed by atoms with Crippen LogP contribution >= 0.6 is 0 Å². The second kappa shape index (κ2) is 7.56. The van der Waals surface area contributed by atoms with Crippen LogP contribution in [0.25, 0.3) is 5.57 Å². The Kier molecular flexibility index (Phi) is 5.22. The van der Waals surface area contributed by atoms with E-state index >= 15 is 0 Å². The molecule has 0 heterocycles. The summed E-state index contributed by atoms with van der Waals surface area (Å²) < 4.78 is 5.81. The summed E-state index contributed by atoms with van der Waals surface area (Å²) >= 11 is 0. The van der Waals surface area contributed by atoms with E-state index in [1.165, 1.54) is 0 Å². The van der Waals surface area contributed by atoms with Gasteiger partial charge in [0.15, 0.2) is 5.78 Å². The quantitative estimate of drug-likeness (QED) is 0.661. The highest BCUT2D eigenvalue weighted by Gasteiger charge is 2.19. The van der Waals surface area contributed by atoms with E-state index in [4.69, 9.17) is 4.74 Å². The second-order valence-electron chi connectivity index (χ2n) is 6.55. The number of Topliss-reactive ketones (excluding diaryl/α,β-unsaturated/α-hetero) is 1. The van der Waals surface area contributed by atoms with Crippen LogP contribution in [-0.4, -0.2) is 17.5 Å². The Labute approximate surface area is 149 Å². The number of unbranched alkanes of at least 4 members (excludes halogenated alkanes) is 1. The van der Waals surface area contributed by atoms with Gasteiger partial charge in [0.05, 0.1) is 6.61 Å². The first-order valence-corrected chi connectivity index (χ1v) is 8.87. The van der Waals surface area contributed by atoms with Crippen LogP contribution in [0.2, 0.25) is 0 Å². The van der Waals surface area contributed by atoms with Gasteiger partial charge < -0.3 is 9.84 Å². The Morgan fingerprint density at radius 3 is 2.68 bits per heavy atom. The van der Waals surface area contributed by atoms with Crippen molar-refractivity contribution in [3.63, 3.8) is 0 Å². The number of carbonyl (C=O) groups is 1. The molecule has 0 saturated carbocycles. The Hall–Kier alpha value is -2.55. The summed E-state index contributed by atoms with van der Waals surface area (Å²) in [6.07, 6.45) is 4.03. The van der Waals surface area contributed by atoms with E-state index in [1.54, 1.807) is 18.2 Å². The third-order valence-corrected chi connectivity index (χ3v) is 4.71. The summed E-state index contributed by atoms with van der Waals surface area (Å²) in [6, 6.07) is 11.1. The van der Waals surface area contributed by atoms with E-state index < -0.39 is 0 Å². The lowest BCUT2D eigenvalue weighted by atomic mass is 9.95. The molecule has 0 aromatic heterocycles. The Balaban J connectivity index is 1.92. The van der Waals surface area contributed by atoms with Crippen LogP contribution in [0.1, 0.15) is 42.0 Å². The monoisotopic (exact) mass is 336 g/mol. The minimum atomic E-state index is 0.0229. The maximum absolute atomic E-state index is 12.6. The fourth-order valence-electron chi connectivity index (χ4n) is 3.21. The number of hydrogen-bond acceptors (Lipinski definition) is 3. The fourth-order valence-corrected chi connectivity index (χ4v) is 3.21. The molecule has 0 atom stereocenters. The van der Waals surface area contributed by atoms with E-state index in [2.05, 4.69) is 19.6 Å². The minimum Gasteiger partial charge on any atom is -0.508 e. The average molecular weight is 336 g/mol. The normalized spacial score (nSPS) is 14.1. The van der Waals surface area contributed by atoms with Crippen LogP contribution in [0.3, 0.4) is 0 Å². The molecular weight excluding hydrogens is 312 g/mol. The van der Waals surface area contributed by atoms with Crippen molar-refractivity contribution in [2.45, 2.75) is 39.0 Å². The Bertz CT molecular complexity index is 805. The highest BCUT2D eigenvalue weighted by molar-refractivity contribution is 6.21. The van der Waals surface area contributed by atoms with Gasteiger partial charge >= 0.3 is 0 Å². The van der Waals surface area contributed by atoms with Gasteiger partial charge in [-0.1, -0.05) is 32.1 Å². The number of phenolic OH excluding ortho intramolecular Hbond substituents is 1. The summed E-state index contributed by atoms with van der Waals surface area (Å²) in [6.45, 7) is 6.84. The molecule has 25 heavy (non-hydrogen) atoms. The third-order valence-electron chi connectivity index (χ3n) is 4.71. The largest absolute Gasteiger partial charge is 0.508 e. The van der Waals surface area contributed by atoms with Crippen LogP contribution < -0.4 is 4.74 Å².